The number of rotatable bonds is 5. The predicted molar refractivity (Wildman–Crippen MR) is 148 cm³/mol. The van der Waals surface area contributed by atoms with Crippen molar-refractivity contribution in [3.05, 3.63) is 100 Å². The first-order valence-corrected chi connectivity index (χ1v) is 13.6. The summed E-state index contributed by atoms with van der Waals surface area (Å²) in [7, 11) is 1.65. The second-order valence-electron chi connectivity index (χ2n) is 9.64. The highest BCUT2D eigenvalue weighted by atomic mass is 32.1. The lowest BCUT2D eigenvalue weighted by atomic mass is 9.94. The Morgan fingerprint density at radius 2 is 1.62 bits per heavy atom. The molecule has 3 aromatic carbocycles. The molecule has 0 spiro atoms. The van der Waals surface area contributed by atoms with Crippen molar-refractivity contribution in [2.75, 3.05) is 25.0 Å². The minimum absolute atomic E-state index is 0.111. The van der Waals surface area contributed by atoms with Gasteiger partial charge in [0.1, 0.15) is 11.4 Å². The maximum atomic E-state index is 13.5. The summed E-state index contributed by atoms with van der Waals surface area (Å²) in [5.41, 5.74) is 1.83. The van der Waals surface area contributed by atoms with E-state index in [0.717, 1.165) is 17.1 Å². The van der Waals surface area contributed by atoms with Gasteiger partial charge in [-0.15, -0.1) is 11.3 Å². The van der Waals surface area contributed by atoms with E-state index >= 15 is 0 Å². The molecule has 206 valence electrons. The molecule has 0 aliphatic carbocycles. The number of piperidine rings is 1. The van der Waals surface area contributed by atoms with E-state index in [9.17, 15) is 27.9 Å². The first-order chi connectivity index (χ1) is 19.1. The van der Waals surface area contributed by atoms with E-state index in [1.54, 1.807) is 53.7 Å². The van der Waals surface area contributed by atoms with Crippen LogP contribution in [0.15, 0.2) is 78.2 Å². The Kier molecular flexibility index (Phi) is 7.62. The average Bonchev–Trinajstić information content (AvgIpc) is 3.47. The molecule has 0 radical (unpaired) electrons. The number of nitrogens with zero attached hydrogens (tertiary/aromatic N) is 3. The summed E-state index contributed by atoms with van der Waals surface area (Å²) in [6.45, 7) is 1.00. The maximum Gasteiger partial charge on any atom is 0.416 e. The lowest BCUT2D eigenvalue weighted by Gasteiger charge is -2.31. The highest BCUT2D eigenvalue weighted by Crippen LogP contribution is 2.34. The fourth-order valence-electron chi connectivity index (χ4n) is 4.80. The van der Waals surface area contributed by atoms with Crippen LogP contribution in [0, 0.1) is 0 Å². The van der Waals surface area contributed by atoms with Gasteiger partial charge in [-0.1, -0.05) is 30.3 Å². The molecule has 4 aromatic rings. The summed E-state index contributed by atoms with van der Waals surface area (Å²) in [4.78, 5) is 34.2. The molecule has 0 unspecified atom stereocenters. The molecule has 1 aromatic heterocycles. The summed E-state index contributed by atoms with van der Waals surface area (Å²) in [6, 6.07) is 18.1. The number of aromatic nitrogens is 1. The smallest absolute Gasteiger partial charge is 0.416 e. The molecular formula is C30H26F3N3O3S. The van der Waals surface area contributed by atoms with Crippen molar-refractivity contribution in [1.29, 1.82) is 0 Å². The molecule has 40 heavy (non-hydrogen) atoms. The maximum absolute atomic E-state index is 13.5. The molecule has 1 saturated heterocycles. The molecule has 0 bridgehead atoms. The number of hydrogen-bond donors (Lipinski definition) is 1. The number of alkyl halides is 3. The number of benzene rings is 3. The zero-order chi connectivity index (χ0) is 28.4. The van der Waals surface area contributed by atoms with Gasteiger partial charge in [0.25, 0.3) is 11.8 Å². The fraction of sp³-hybridized carbons (Fsp3) is 0.233. The number of thiazole rings is 1. The second-order valence-corrected chi connectivity index (χ2v) is 10.5. The van der Waals surface area contributed by atoms with Crippen molar-refractivity contribution in [3.8, 4) is 16.9 Å². The van der Waals surface area contributed by atoms with Crippen LogP contribution in [-0.4, -0.2) is 46.9 Å². The van der Waals surface area contributed by atoms with Gasteiger partial charge in [0.05, 0.1) is 10.6 Å². The number of carbonyl (C=O) groups is 2. The van der Waals surface area contributed by atoms with Crippen molar-refractivity contribution in [3.63, 3.8) is 0 Å². The van der Waals surface area contributed by atoms with Crippen molar-refractivity contribution < 1.29 is 27.9 Å². The van der Waals surface area contributed by atoms with Gasteiger partial charge in [-0.3, -0.25) is 9.59 Å². The normalized spacial score (nSPS) is 14.2. The first kappa shape index (κ1) is 27.4. The molecule has 2 heterocycles. The van der Waals surface area contributed by atoms with Crippen LogP contribution in [0.2, 0.25) is 0 Å². The highest BCUT2D eigenvalue weighted by Gasteiger charge is 2.31. The molecule has 0 atom stereocenters. The molecule has 5 rings (SSSR count). The third-order valence-electron chi connectivity index (χ3n) is 7.09. The number of hydrogen-bond acceptors (Lipinski definition) is 5. The molecule has 10 heteroatoms. The molecule has 1 fully saturated rings. The van der Waals surface area contributed by atoms with Gasteiger partial charge in [0, 0.05) is 42.7 Å². The minimum Gasteiger partial charge on any atom is -0.508 e. The number of carbonyl (C=O) groups excluding carboxylic acids is 2. The third kappa shape index (κ3) is 5.72. The van der Waals surface area contributed by atoms with Gasteiger partial charge in [-0.05, 0) is 66.4 Å². The van der Waals surface area contributed by atoms with Crippen LogP contribution in [-0.2, 0) is 6.18 Å². The van der Waals surface area contributed by atoms with Crippen molar-refractivity contribution >= 4 is 28.8 Å². The quantitative estimate of drug-likeness (QED) is 0.288. The molecule has 1 aliphatic rings. The van der Waals surface area contributed by atoms with E-state index < -0.39 is 11.7 Å². The van der Waals surface area contributed by atoms with Crippen LogP contribution < -0.4 is 4.90 Å². The van der Waals surface area contributed by atoms with E-state index in [1.807, 2.05) is 0 Å². The Balaban J connectivity index is 1.24. The number of halogens is 3. The molecule has 6 nitrogen and oxygen atoms in total. The van der Waals surface area contributed by atoms with E-state index in [1.165, 1.54) is 40.5 Å². The number of amides is 2. The van der Waals surface area contributed by atoms with Crippen molar-refractivity contribution in [2.24, 2.45) is 0 Å². The molecular weight excluding hydrogens is 539 g/mol. The fourth-order valence-corrected chi connectivity index (χ4v) is 5.76. The Morgan fingerprint density at radius 1 is 0.975 bits per heavy atom. The van der Waals surface area contributed by atoms with Crippen molar-refractivity contribution in [1.82, 2.24) is 9.88 Å². The largest absolute Gasteiger partial charge is 0.508 e. The van der Waals surface area contributed by atoms with Gasteiger partial charge in [-0.2, -0.15) is 13.2 Å². The monoisotopic (exact) mass is 565 g/mol. The summed E-state index contributed by atoms with van der Waals surface area (Å²) in [6.07, 6.45) is -3.06. The van der Waals surface area contributed by atoms with Gasteiger partial charge in [-0.25, -0.2) is 4.98 Å². The number of anilines is 1. The highest BCUT2D eigenvalue weighted by molar-refractivity contribution is 7.10. The van der Waals surface area contributed by atoms with Crippen molar-refractivity contribution in [2.45, 2.75) is 24.9 Å². The van der Waals surface area contributed by atoms with E-state index in [0.29, 0.717) is 54.0 Å². The number of phenols is 1. The lowest BCUT2D eigenvalue weighted by molar-refractivity contribution is -0.137. The van der Waals surface area contributed by atoms with Gasteiger partial charge >= 0.3 is 6.18 Å². The van der Waals surface area contributed by atoms with Gasteiger partial charge < -0.3 is 14.9 Å². The lowest BCUT2D eigenvalue weighted by Crippen LogP contribution is -2.38. The minimum atomic E-state index is -4.42. The van der Waals surface area contributed by atoms with Gasteiger partial charge in [0.2, 0.25) is 0 Å². The summed E-state index contributed by atoms with van der Waals surface area (Å²) >= 11 is 1.43. The molecule has 0 saturated carbocycles. The van der Waals surface area contributed by atoms with Crippen LogP contribution in [0.3, 0.4) is 0 Å². The van der Waals surface area contributed by atoms with Gasteiger partial charge in [0.15, 0.2) is 0 Å². The SMILES string of the molecule is CN(C(=O)c1csc(C2CCN(C(=O)c3ccccc3-c3ccc(C(F)(F)F)cc3)CC2)n1)c1ccc(O)cc1. The van der Waals surface area contributed by atoms with E-state index in [2.05, 4.69) is 4.98 Å². The zero-order valence-corrected chi connectivity index (χ0v) is 22.4. The topological polar surface area (TPSA) is 73.7 Å². The molecule has 2 amide bonds. The first-order valence-electron chi connectivity index (χ1n) is 12.7. The molecule has 1 N–H and O–H groups in total. The summed E-state index contributed by atoms with van der Waals surface area (Å²) in [5, 5.41) is 12.1. The summed E-state index contributed by atoms with van der Waals surface area (Å²) < 4.78 is 39.0. The number of aromatic hydroxyl groups is 1. The standard InChI is InChI=1S/C30H26F3N3O3S/c1-35(22-10-12-23(37)13-11-22)29(39)26-18-40-27(34-26)20-14-16-36(17-15-20)28(38)25-5-3-2-4-24(25)19-6-8-21(9-7-19)30(31,32)33/h2-13,18,20,37H,14-17H2,1H3. The van der Waals surface area contributed by atoms with Crippen LogP contribution in [0.4, 0.5) is 18.9 Å². The number of likely N-dealkylation sites (tertiary alicyclic amines) is 1. The van der Waals surface area contributed by atoms with Crippen LogP contribution >= 0.6 is 11.3 Å². The van der Waals surface area contributed by atoms with Crippen LogP contribution in [0.1, 0.15) is 50.2 Å². The predicted octanol–water partition coefficient (Wildman–Crippen LogP) is 6.83. The summed E-state index contributed by atoms with van der Waals surface area (Å²) in [5.74, 6) is -0.187. The van der Waals surface area contributed by atoms with E-state index in [4.69, 9.17) is 0 Å². The Labute approximate surface area is 233 Å². The Bertz CT molecular complexity index is 1510. The average molecular weight is 566 g/mol. The Morgan fingerprint density at radius 3 is 2.27 bits per heavy atom. The van der Waals surface area contributed by atoms with Crippen LogP contribution in [0.25, 0.3) is 11.1 Å². The third-order valence-corrected chi connectivity index (χ3v) is 8.10. The number of phenolic OH excluding ortho intramolecular Hbond substituents is 1. The Hall–Kier alpha value is -4.18. The van der Waals surface area contributed by atoms with E-state index in [-0.39, 0.29) is 23.5 Å². The molecule has 1 aliphatic heterocycles. The zero-order valence-electron chi connectivity index (χ0n) is 21.6. The van der Waals surface area contributed by atoms with Crippen LogP contribution in [0.5, 0.6) is 5.75 Å². The second kappa shape index (κ2) is 11.1.